The summed E-state index contributed by atoms with van der Waals surface area (Å²) in [6.45, 7) is 4.56. The second kappa shape index (κ2) is 70.0. The van der Waals surface area contributed by atoms with Crippen LogP contribution in [-0.4, -0.2) is 68.5 Å². The number of quaternary nitrogens is 1. The molecule has 0 aliphatic carbocycles. The Morgan fingerprint density at radius 1 is 0.404 bits per heavy atom. The topological polar surface area (TPSA) is 108 Å². The molecule has 0 aliphatic heterocycles. The molecule has 0 radical (unpaired) electrons. The van der Waals surface area contributed by atoms with Crippen molar-refractivity contribution < 1.29 is 32.9 Å². The van der Waals surface area contributed by atoms with Gasteiger partial charge < -0.3 is 28.8 Å². The van der Waals surface area contributed by atoms with Crippen molar-refractivity contribution in [3.05, 3.63) is 85.1 Å². The SMILES string of the molecule is CC/C=C\C/C=C\C/C=C\C/C=C\C/C=C\CCCCCCCCCCCCCCCCCCCCCC(=O)NC(COP(=O)([O-])OCC[N+](C)(C)C)C(O)/C=C/CC/C=C/CCCCCCCCCCCCCCCCCCCCCCCCCCCC. The zero-order valence-electron chi connectivity index (χ0n) is 59.6. The van der Waals surface area contributed by atoms with E-state index in [9.17, 15) is 19.4 Å². The van der Waals surface area contributed by atoms with Crippen LogP contribution in [0.4, 0.5) is 0 Å². The van der Waals surface area contributed by atoms with Gasteiger partial charge in [-0.3, -0.25) is 9.36 Å². The van der Waals surface area contributed by atoms with Crippen LogP contribution < -0.4 is 10.2 Å². The lowest BCUT2D eigenvalue weighted by molar-refractivity contribution is -0.870. The molecular weight excluding hydrogens is 1120 g/mol. The quantitative estimate of drug-likeness (QED) is 0.0272. The molecule has 0 spiro atoms. The summed E-state index contributed by atoms with van der Waals surface area (Å²) in [5.41, 5.74) is 0. The van der Waals surface area contributed by atoms with E-state index >= 15 is 0 Å². The average molecular weight is 1270 g/mol. The molecule has 8 nitrogen and oxygen atoms in total. The number of rotatable bonds is 71. The monoisotopic (exact) mass is 1270 g/mol. The number of likely N-dealkylation sites (N-methyl/N-ethyl adjacent to an activating group) is 1. The van der Waals surface area contributed by atoms with Crippen molar-refractivity contribution >= 4 is 13.7 Å². The minimum absolute atomic E-state index is 0.00716. The molecule has 89 heavy (non-hydrogen) atoms. The van der Waals surface area contributed by atoms with Crippen LogP contribution in [0.2, 0.25) is 0 Å². The maximum atomic E-state index is 13.1. The fourth-order valence-corrected chi connectivity index (χ4v) is 12.2. The molecule has 2 N–H and O–H groups in total. The third-order valence-electron chi connectivity index (χ3n) is 17.3. The highest BCUT2D eigenvalue weighted by Crippen LogP contribution is 2.38. The standard InChI is InChI=1S/C80H149N2O6P/c1-6-8-10-12-14-16-18-20-22-24-26-28-30-32-34-36-38-40-41-42-44-46-48-50-52-54-56-58-60-62-64-66-68-70-72-74-80(84)81-78(77-88-89(85,86)87-76-75-82(3,4)5)79(83)73-71-69-67-65-63-61-59-57-55-53-51-49-47-45-43-39-37-35-33-31-29-27-25-23-21-19-17-15-13-11-9-7-2/h8,10,14,16,20,22,26,28,32,34,63,65,71,73,78-79,83H,6-7,9,11-13,15,17-19,21,23-25,27,29-31,33,35-62,64,66-70,72,74-77H2,1-5H3,(H-,81,84,85,86)/b10-8-,16-14-,22-20-,28-26-,34-32-,65-63+,73-71+. The van der Waals surface area contributed by atoms with Gasteiger partial charge in [-0.25, -0.2) is 0 Å². The van der Waals surface area contributed by atoms with Crippen LogP contribution in [-0.2, 0) is 18.4 Å². The first-order valence-electron chi connectivity index (χ1n) is 38.4. The number of allylic oxidation sites excluding steroid dienone is 13. The number of hydrogen-bond donors (Lipinski definition) is 2. The molecule has 0 aliphatic rings. The number of carbonyl (C=O) groups excluding carboxylic acids is 1. The number of unbranched alkanes of at least 4 members (excludes halogenated alkanes) is 46. The molecule has 0 saturated heterocycles. The molecular formula is C80H149N2O6P. The highest BCUT2D eigenvalue weighted by atomic mass is 31.2. The van der Waals surface area contributed by atoms with Crippen molar-refractivity contribution in [2.45, 2.75) is 379 Å². The number of nitrogens with zero attached hydrogens (tertiary/aromatic N) is 1. The van der Waals surface area contributed by atoms with Crippen molar-refractivity contribution in [3.8, 4) is 0 Å². The third kappa shape index (κ3) is 73.0. The summed E-state index contributed by atoms with van der Waals surface area (Å²) in [5.74, 6) is -0.203. The average Bonchev–Trinajstić information content (AvgIpc) is 3.64. The molecule has 0 fully saturated rings. The summed E-state index contributed by atoms with van der Waals surface area (Å²) < 4.78 is 23.5. The van der Waals surface area contributed by atoms with E-state index in [1.165, 1.54) is 276 Å². The molecule has 0 aromatic heterocycles. The second-order valence-corrected chi connectivity index (χ2v) is 28.7. The van der Waals surface area contributed by atoms with Crippen LogP contribution >= 0.6 is 7.82 Å². The number of phosphoric acid groups is 1. The van der Waals surface area contributed by atoms with E-state index in [2.05, 4.69) is 92.1 Å². The van der Waals surface area contributed by atoms with Crippen molar-refractivity contribution in [1.82, 2.24) is 5.32 Å². The molecule has 0 bridgehead atoms. The van der Waals surface area contributed by atoms with Gasteiger partial charge in [0.15, 0.2) is 0 Å². The minimum atomic E-state index is -4.62. The van der Waals surface area contributed by atoms with Crippen LogP contribution in [0.25, 0.3) is 0 Å². The van der Waals surface area contributed by atoms with Gasteiger partial charge in [-0.05, 0) is 77.0 Å². The first-order chi connectivity index (χ1) is 43.5. The lowest BCUT2D eigenvalue weighted by Crippen LogP contribution is -2.45. The molecule has 0 saturated carbocycles. The number of aliphatic hydroxyl groups excluding tert-OH is 1. The van der Waals surface area contributed by atoms with Crippen molar-refractivity contribution in [2.24, 2.45) is 0 Å². The molecule has 3 atom stereocenters. The van der Waals surface area contributed by atoms with Crippen LogP contribution in [0.3, 0.4) is 0 Å². The maximum absolute atomic E-state index is 13.1. The van der Waals surface area contributed by atoms with Crippen molar-refractivity contribution in [1.29, 1.82) is 0 Å². The smallest absolute Gasteiger partial charge is 0.268 e. The summed E-state index contributed by atoms with van der Waals surface area (Å²) >= 11 is 0. The lowest BCUT2D eigenvalue weighted by atomic mass is 10.0. The number of hydrogen-bond acceptors (Lipinski definition) is 6. The number of phosphoric ester groups is 1. The fourth-order valence-electron chi connectivity index (χ4n) is 11.4. The Kier molecular flexibility index (Phi) is 68.2. The van der Waals surface area contributed by atoms with Crippen LogP contribution in [0, 0.1) is 0 Å². The molecule has 3 unspecified atom stereocenters. The van der Waals surface area contributed by atoms with Gasteiger partial charge in [-0.2, -0.15) is 0 Å². The third-order valence-corrected chi connectivity index (χ3v) is 18.3. The van der Waals surface area contributed by atoms with Gasteiger partial charge in [0, 0.05) is 6.42 Å². The molecule has 520 valence electrons. The van der Waals surface area contributed by atoms with Gasteiger partial charge in [0.05, 0.1) is 39.9 Å². The fraction of sp³-hybridized carbons (Fsp3) is 0.812. The normalized spacial score (nSPS) is 14.0. The van der Waals surface area contributed by atoms with Crippen molar-refractivity contribution in [2.75, 3.05) is 40.9 Å². The zero-order chi connectivity index (χ0) is 64.8. The number of aliphatic hydroxyl groups is 1. The summed E-state index contributed by atoms with van der Waals surface area (Å²) in [6, 6.07) is -0.908. The maximum Gasteiger partial charge on any atom is 0.268 e. The van der Waals surface area contributed by atoms with E-state index < -0.39 is 26.6 Å². The summed E-state index contributed by atoms with van der Waals surface area (Å²) in [6.07, 6.45) is 100. The molecule has 0 heterocycles. The summed E-state index contributed by atoms with van der Waals surface area (Å²) in [4.78, 5) is 25.7. The summed E-state index contributed by atoms with van der Waals surface area (Å²) in [5, 5.41) is 14.0. The van der Waals surface area contributed by atoms with E-state index in [4.69, 9.17) is 9.05 Å². The zero-order valence-corrected chi connectivity index (χ0v) is 60.5. The Labute approximate surface area is 554 Å². The van der Waals surface area contributed by atoms with E-state index in [0.717, 1.165) is 70.6 Å². The van der Waals surface area contributed by atoms with Crippen LogP contribution in [0.15, 0.2) is 85.1 Å². The van der Waals surface area contributed by atoms with E-state index in [1.807, 2.05) is 27.2 Å². The van der Waals surface area contributed by atoms with Gasteiger partial charge in [-0.15, -0.1) is 0 Å². The molecule has 0 aromatic rings. The lowest BCUT2D eigenvalue weighted by Gasteiger charge is -2.29. The number of amides is 1. The molecule has 9 heteroatoms. The second-order valence-electron chi connectivity index (χ2n) is 27.3. The predicted molar refractivity (Wildman–Crippen MR) is 390 cm³/mol. The van der Waals surface area contributed by atoms with Gasteiger partial charge in [-0.1, -0.05) is 369 Å². The highest BCUT2D eigenvalue weighted by Gasteiger charge is 2.23. The number of carbonyl (C=O) groups is 1. The Morgan fingerprint density at radius 2 is 0.697 bits per heavy atom. The summed E-state index contributed by atoms with van der Waals surface area (Å²) in [7, 11) is 1.25. The Morgan fingerprint density at radius 3 is 1.04 bits per heavy atom. The van der Waals surface area contributed by atoms with Gasteiger partial charge in [0.2, 0.25) is 5.91 Å². The first kappa shape index (κ1) is 86.7. The Balaban J connectivity index is 4.03. The van der Waals surface area contributed by atoms with Gasteiger partial charge in [0.1, 0.15) is 13.2 Å². The first-order valence-corrected chi connectivity index (χ1v) is 39.9. The molecule has 0 aromatic carbocycles. The van der Waals surface area contributed by atoms with Gasteiger partial charge >= 0.3 is 0 Å². The number of nitrogens with one attached hydrogen (secondary N) is 1. The Hall–Kier alpha value is -2.32. The predicted octanol–water partition coefficient (Wildman–Crippen LogP) is 24.4. The molecule has 0 rings (SSSR count). The Bertz CT molecular complexity index is 1730. The highest BCUT2D eigenvalue weighted by molar-refractivity contribution is 7.45. The van der Waals surface area contributed by atoms with E-state index in [-0.39, 0.29) is 12.5 Å². The van der Waals surface area contributed by atoms with Crippen LogP contribution in [0.1, 0.15) is 367 Å². The van der Waals surface area contributed by atoms with E-state index in [0.29, 0.717) is 17.4 Å². The largest absolute Gasteiger partial charge is 0.756 e. The minimum Gasteiger partial charge on any atom is -0.756 e. The van der Waals surface area contributed by atoms with Crippen molar-refractivity contribution in [3.63, 3.8) is 0 Å². The van der Waals surface area contributed by atoms with E-state index in [1.54, 1.807) is 6.08 Å². The van der Waals surface area contributed by atoms with Gasteiger partial charge in [0.25, 0.3) is 7.82 Å². The van der Waals surface area contributed by atoms with Crippen LogP contribution in [0.5, 0.6) is 0 Å². The molecule has 1 amide bonds.